The monoisotopic (exact) mass is 633 g/mol. The zero-order valence-corrected chi connectivity index (χ0v) is 28.6. The standard InChI is InChI=1S/C39H68O6/c1-4-7-10-13-16-19-22-27-33(37(40)41)28-25-26-29-34(36(39(44)45)31-24-21-18-15-12-9-6-3)32-35(38(42)43)30-23-20-17-14-11-8-5-2/h4-6,33-36H,1-3,7-32H2,(H,40,41)(H,42,43)(H,44,45). The number of hydrogen-bond donors (Lipinski definition) is 3. The second-order valence-electron chi connectivity index (χ2n) is 13.2. The molecule has 0 aromatic carbocycles. The molecule has 0 saturated carbocycles. The SMILES string of the molecule is C=CCCCCCCCC(CCCCC(CC(CCCCCCCC=C)C(=O)O)C(CCCCCCCC=C)C(=O)O)C(=O)O. The van der Waals surface area contributed by atoms with Crippen LogP contribution in [-0.4, -0.2) is 33.2 Å². The van der Waals surface area contributed by atoms with Gasteiger partial charge >= 0.3 is 17.9 Å². The summed E-state index contributed by atoms with van der Waals surface area (Å²) in [5.74, 6) is -4.08. The maximum absolute atomic E-state index is 12.5. The third-order valence-electron chi connectivity index (χ3n) is 9.39. The molecular formula is C39H68O6. The molecule has 0 bridgehead atoms. The molecule has 0 rings (SSSR count). The van der Waals surface area contributed by atoms with E-state index in [-0.39, 0.29) is 11.8 Å². The first-order valence-corrected chi connectivity index (χ1v) is 18.3. The first-order chi connectivity index (χ1) is 21.8. The predicted octanol–water partition coefficient (Wildman–Crippen LogP) is 11.4. The van der Waals surface area contributed by atoms with Crippen LogP contribution in [0.15, 0.2) is 38.0 Å². The van der Waals surface area contributed by atoms with E-state index in [1.807, 2.05) is 18.2 Å². The fourth-order valence-electron chi connectivity index (χ4n) is 6.54. The molecule has 0 fully saturated rings. The molecule has 0 aliphatic rings. The molecule has 0 radical (unpaired) electrons. The van der Waals surface area contributed by atoms with Gasteiger partial charge in [-0.15, -0.1) is 19.7 Å². The van der Waals surface area contributed by atoms with Crippen molar-refractivity contribution in [2.24, 2.45) is 23.7 Å². The molecule has 0 aliphatic heterocycles. The third-order valence-corrected chi connectivity index (χ3v) is 9.39. The van der Waals surface area contributed by atoms with Gasteiger partial charge in [0.2, 0.25) is 0 Å². The molecular weight excluding hydrogens is 564 g/mol. The summed E-state index contributed by atoms with van der Waals surface area (Å²) in [6.07, 6.45) is 29.4. The molecule has 0 spiro atoms. The van der Waals surface area contributed by atoms with E-state index in [2.05, 4.69) is 19.7 Å². The van der Waals surface area contributed by atoms with Crippen LogP contribution in [-0.2, 0) is 14.4 Å². The average molecular weight is 633 g/mol. The van der Waals surface area contributed by atoms with E-state index >= 15 is 0 Å². The van der Waals surface area contributed by atoms with Crippen molar-refractivity contribution in [3.8, 4) is 0 Å². The predicted molar refractivity (Wildman–Crippen MR) is 188 cm³/mol. The third kappa shape index (κ3) is 24.5. The molecule has 0 amide bonds. The smallest absolute Gasteiger partial charge is 0.306 e. The summed E-state index contributed by atoms with van der Waals surface area (Å²) in [6.45, 7) is 11.3. The van der Waals surface area contributed by atoms with Gasteiger partial charge in [-0.25, -0.2) is 0 Å². The molecule has 4 atom stereocenters. The van der Waals surface area contributed by atoms with E-state index in [4.69, 9.17) is 0 Å². The fraction of sp³-hybridized carbons (Fsp3) is 0.769. The Morgan fingerprint density at radius 1 is 0.422 bits per heavy atom. The topological polar surface area (TPSA) is 112 Å². The van der Waals surface area contributed by atoms with Gasteiger partial charge in [0.05, 0.1) is 17.8 Å². The lowest BCUT2D eigenvalue weighted by Crippen LogP contribution is -2.28. The lowest BCUT2D eigenvalue weighted by atomic mass is 9.77. The minimum absolute atomic E-state index is 0.212. The number of hydrogen-bond acceptors (Lipinski definition) is 3. The van der Waals surface area contributed by atoms with Gasteiger partial charge in [0.25, 0.3) is 0 Å². The summed E-state index contributed by atoms with van der Waals surface area (Å²) < 4.78 is 0. The molecule has 0 aromatic rings. The van der Waals surface area contributed by atoms with E-state index in [1.54, 1.807) is 0 Å². The highest BCUT2D eigenvalue weighted by Crippen LogP contribution is 2.33. The van der Waals surface area contributed by atoms with Gasteiger partial charge in [0, 0.05) is 0 Å². The fourth-order valence-corrected chi connectivity index (χ4v) is 6.54. The number of carbonyl (C=O) groups is 3. The van der Waals surface area contributed by atoms with Crippen molar-refractivity contribution in [2.75, 3.05) is 0 Å². The second kappa shape index (κ2) is 30.3. The molecule has 260 valence electrons. The van der Waals surface area contributed by atoms with Gasteiger partial charge in [-0.2, -0.15) is 0 Å². The Morgan fingerprint density at radius 3 is 1.16 bits per heavy atom. The van der Waals surface area contributed by atoms with Crippen LogP contribution >= 0.6 is 0 Å². The Kier molecular flexibility index (Phi) is 28.7. The van der Waals surface area contributed by atoms with Crippen molar-refractivity contribution in [2.45, 2.75) is 167 Å². The lowest BCUT2D eigenvalue weighted by Gasteiger charge is -2.27. The minimum atomic E-state index is -0.826. The highest BCUT2D eigenvalue weighted by Gasteiger charge is 2.32. The van der Waals surface area contributed by atoms with Crippen LogP contribution in [0.4, 0.5) is 0 Å². The van der Waals surface area contributed by atoms with Crippen molar-refractivity contribution in [3.63, 3.8) is 0 Å². The summed E-state index contributed by atoms with van der Waals surface area (Å²) in [5, 5.41) is 30.1. The van der Waals surface area contributed by atoms with E-state index < -0.39 is 29.7 Å². The zero-order chi connectivity index (χ0) is 33.5. The summed E-state index contributed by atoms with van der Waals surface area (Å²) in [6, 6.07) is 0. The Morgan fingerprint density at radius 2 is 0.756 bits per heavy atom. The molecule has 45 heavy (non-hydrogen) atoms. The molecule has 0 saturated heterocycles. The first-order valence-electron chi connectivity index (χ1n) is 18.3. The van der Waals surface area contributed by atoms with Gasteiger partial charge in [0.15, 0.2) is 0 Å². The molecule has 3 N–H and O–H groups in total. The summed E-state index contributed by atoms with van der Waals surface area (Å²) >= 11 is 0. The zero-order valence-electron chi connectivity index (χ0n) is 28.6. The number of aliphatic carboxylic acids is 3. The number of allylic oxidation sites excluding steroid dienone is 3. The van der Waals surface area contributed by atoms with E-state index in [0.29, 0.717) is 38.5 Å². The summed E-state index contributed by atoms with van der Waals surface area (Å²) in [7, 11) is 0. The molecule has 6 nitrogen and oxygen atoms in total. The number of rotatable bonds is 35. The molecule has 4 unspecified atom stereocenters. The second-order valence-corrected chi connectivity index (χ2v) is 13.2. The van der Waals surface area contributed by atoms with Crippen molar-refractivity contribution in [1.29, 1.82) is 0 Å². The van der Waals surface area contributed by atoms with Crippen LogP contribution in [0, 0.1) is 23.7 Å². The summed E-state index contributed by atoms with van der Waals surface area (Å²) in [5.41, 5.74) is 0. The van der Waals surface area contributed by atoms with Crippen molar-refractivity contribution in [1.82, 2.24) is 0 Å². The van der Waals surface area contributed by atoms with Crippen LogP contribution in [0.5, 0.6) is 0 Å². The highest BCUT2D eigenvalue weighted by molar-refractivity contribution is 5.72. The quantitative estimate of drug-likeness (QED) is 0.0473. The van der Waals surface area contributed by atoms with Gasteiger partial charge in [-0.3, -0.25) is 14.4 Å². The van der Waals surface area contributed by atoms with Gasteiger partial charge in [0.1, 0.15) is 0 Å². The number of carboxylic acids is 3. The average Bonchev–Trinajstić information content (AvgIpc) is 3.00. The lowest BCUT2D eigenvalue weighted by molar-refractivity contribution is -0.147. The largest absolute Gasteiger partial charge is 0.481 e. The van der Waals surface area contributed by atoms with Gasteiger partial charge in [-0.05, 0) is 83.0 Å². The number of unbranched alkanes of at least 4 members (excludes halogenated alkanes) is 16. The molecule has 0 aliphatic carbocycles. The Hall–Kier alpha value is -2.37. The van der Waals surface area contributed by atoms with Crippen LogP contribution < -0.4 is 0 Å². The Bertz CT molecular complexity index is 790. The van der Waals surface area contributed by atoms with Crippen molar-refractivity contribution in [3.05, 3.63) is 38.0 Å². The molecule has 0 aromatic heterocycles. The molecule has 0 heterocycles. The van der Waals surface area contributed by atoms with E-state index in [9.17, 15) is 29.7 Å². The molecule has 6 heteroatoms. The van der Waals surface area contributed by atoms with Crippen LogP contribution in [0.1, 0.15) is 167 Å². The highest BCUT2D eigenvalue weighted by atomic mass is 16.4. The van der Waals surface area contributed by atoms with Crippen molar-refractivity contribution >= 4 is 17.9 Å². The normalized spacial score (nSPS) is 13.9. The Balaban J connectivity index is 5.14. The van der Waals surface area contributed by atoms with Crippen LogP contribution in [0.2, 0.25) is 0 Å². The van der Waals surface area contributed by atoms with Gasteiger partial charge < -0.3 is 15.3 Å². The van der Waals surface area contributed by atoms with Gasteiger partial charge in [-0.1, -0.05) is 108 Å². The first kappa shape index (κ1) is 42.6. The minimum Gasteiger partial charge on any atom is -0.481 e. The maximum atomic E-state index is 12.5. The van der Waals surface area contributed by atoms with Crippen LogP contribution in [0.3, 0.4) is 0 Å². The van der Waals surface area contributed by atoms with Crippen molar-refractivity contribution < 1.29 is 29.7 Å². The van der Waals surface area contributed by atoms with E-state index in [1.165, 1.54) is 0 Å². The maximum Gasteiger partial charge on any atom is 0.306 e. The van der Waals surface area contributed by atoms with E-state index in [0.717, 1.165) is 128 Å². The Labute approximate surface area is 275 Å². The summed E-state index contributed by atoms with van der Waals surface area (Å²) in [4.78, 5) is 36.7. The number of carboxylic acid groups (broad SMARTS) is 3. The van der Waals surface area contributed by atoms with Crippen LogP contribution in [0.25, 0.3) is 0 Å².